The third-order valence-corrected chi connectivity index (χ3v) is 10.6. The second-order valence-corrected chi connectivity index (χ2v) is 14.3. The van der Waals surface area contributed by atoms with Crippen molar-refractivity contribution in [3.8, 4) is 5.75 Å². The minimum atomic E-state index is -1.18. The summed E-state index contributed by atoms with van der Waals surface area (Å²) in [5.74, 6) is 0.718. The van der Waals surface area contributed by atoms with Crippen LogP contribution >= 0.6 is 0 Å². The molecular formula is C43H52N4O11. The fraction of sp³-hybridized carbons (Fsp3) is 0.465. The minimum absolute atomic E-state index is 0.0673. The maximum Gasteiger partial charge on any atom is 0.351 e. The smallest absolute Gasteiger partial charge is 0.351 e. The minimum Gasteiger partial charge on any atom is -0.501 e. The van der Waals surface area contributed by atoms with E-state index in [9.17, 15) is 19.5 Å². The molecule has 6 rings (SSSR count). The molecular weight excluding hydrogens is 748 g/mol. The van der Waals surface area contributed by atoms with Gasteiger partial charge in [0.15, 0.2) is 18.1 Å². The van der Waals surface area contributed by atoms with Gasteiger partial charge < -0.3 is 43.2 Å². The van der Waals surface area contributed by atoms with Crippen LogP contribution in [0.25, 0.3) is 0 Å². The SMILES string of the molecule is COCCO[C@@H]1[C@H](OC(=O)CCC(=O)O)[C@@H](COC(C2=CC=C(OC)CC2)(c2ccccc2)c2ccc(OC)cc2)O[C@H]1n1cc(C)c(N=C2CCCN2C)nc1=O. The summed E-state index contributed by atoms with van der Waals surface area (Å²) in [4.78, 5) is 49.8. The van der Waals surface area contributed by atoms with Gasteiger partial charge in [-0.1, -0.05) is 48.5 Å². The molecule has 5 atom stereocenters. The maximum absolute atomic E-state index is 13.9. The molecule has 15 heteroatoms. The number of rotatable bonds is 18. The van der Waals surface area contributed by atoms with E-state index in [1.807, 2.05) is 78.7 Å². The molecule has 15 nitrogen and oxygen atoms in total. The first-order valence-corrected chi connectivity index (χ1v) is 19.4. The van der Waals surface area contributed by atoms with Crippen LogP contribution in [0.4, 0.5) is 5.82 Å². The molecule has 2 aromatic carbocycles. The van der Waals surface area contributed by atoms with E-state index < -0.39 is 54.2 Å². The molecule has 1 unspecified atom stereocenters. The van der Waals surface area contributed by atoms with E-state index in [-0.39, 0.29) is 26.2 Å². The lowest BCUT2D eigenvalue weighted by Gasteiger charge is -2.39. The summed E-state index contributed by atoms with van der Waals surface area (Å²) in [6.07, 6.45) is 3.34. The number of allylic oxidation sites excluding steroid dienone is 3. The Morgan fingerprint density at radius 1 is 0.948 bits per heavy atom. The molecule has 58 heavy (non-hydrogen) atoms. The van der Waals surface area contributed by atoms with Gasteiger partial charge in [-0.2, -0.15) is 4.98 Å². The number of aliphatic imine (C=N–C) groups is 1. The average molecular weight is 801 g/mol. The lowest BCUT2D eigenvalue weighted by molar-refractivity contribution is -0.162. The number of hydrogen-bond donors (Lipinski definition) is 1. The highest BCUT2D eigenvalue weighted by Gasteiger charge is 2.51. The normalized spacial score (nSPS) is 22.3. The third-order valence-electron chi connectivity index (χ3n) is 10.6. The van der Waals surface area contributed by atoms with Crippen LogP contribution < -0.4 is 10.4 Å². The van der Waals surface area contributed by atoms with Crippen molar-refractivity contribution in [2.75, 3.05) is 54.7 Å². The number of methoxy groups -OCH3 is 3. The number of ether oxygens (including phenoxy) is 7. The molecule has 0 radical (unpaired) electrons. The molecule has 1 aromatic heterocycles. The second kappa shape index (κ2) is 19.4. The largest absolute Gasteiger partial charge is 0.501 e. The van der Waals surface area contributed by atoms with Gasteiger partial charge in [0.25, 0.3) is 0 Å². The van der Waals surface area contributed by atoms with Gasteiger partial charge in [0.1, 0.15) is 29.4 Å². The molecule has 1 N–H and O–H groups in total. The zero-order valence-electron chi connectivity index (χ0n) is 33.6. The Kier molecular flexibility index (Phi) is 14.1. The van der Waals surface area contributed by atoms with Crippen molar-refractivity contribution in [3.05, 3.63) is 111 Å². The van der Waals surface area contributed by atoms with E-state index in [1.54, 1.807) is 27.3 Å². The lowest BCUT2D eigenvalue weighted by Crippen LogP contribution is -2.43. The predicted molar refractivity (Wildman–Crippen MR) is 213 cm³/mol. The van der Waals surface area contributed by atoms with E-state index in [2.05, 4.69) is 4.98 Å². The number of carboxylic acids is 1. The second-order valence-electron chi connectivity index (χ2n) is 14.3. The van der Waals surface area contributed by atoms with Gasteiger partial charge in [0, 0.05) is 45.3 Å². The van der Waals surface area contributed by atoms with Crippen LogP contribution in [0.2, 0.25) is 0 Å². The number of aryl methyl sites for hydroxylation is 1. The highest BCUT2D eigenvalue weighted by molar-refractivity contribution is 5.86. The van der Waals surface area contributed by atoms with Crippen LogP contribution in [-0.4, -0.2) is 110 Å². The van der Waals surface area contributed by atoms with Gasteiger partial charge in [-0.05, 0) is 54.7 Å². The fourth-order valence-corrected chi connectivity index (χ4v) is 7.57. The van der Waals surface area contributed by atoms with Crippen molar-refractivity contribution < 1.29 is 47.9 Å². The van der Waals surface area contributed by atoms with Gasteiger partial charge >= 0.3 is 17.6 Å². The molecule has 3 aliphatic rings. The molecule has 3 heterocycles. The van der Waals surface area contributed by atoms with Crippen molar-refractivity contribution in [1.29, 1.82) is 0 Å². The number of carbonyl (C=O) groups is 2. The maximum atomic E-state index is 13.9. The first-order valence-electron chi connectivity index (χ1n) is 19.4. The lowest BCUT2D eigenvalue weighted by atomic mass is 9.76. The highest BCUT2D eigenvalue weighted by Crippen LogP contribution is 2.46. The number of esters is 1. The number of hydrogen-bond acceptors (Lipinski definition) is 12. The first-order chi connectivity index (χ1) is 28.1. The van der Waals surface area contributed by atoms with E-state index in [4.69, 9.17) is 38.2 Å². The van der Waals surface area contributed by atoms with Crippen molar-refractivity contribution in [3.63, 3.8) is 0 Å². The summed E-state index contributed by atoms with van der Waals surface area (Å²) < 4.78 is 44.0. The molecule has 2 saturated heterocycles. The predicted octanol–water partition coefficient (Wildman–Crippen LogP) is 5.23. The molecule has 2 aliphatic heterocycles. The molecule has 0 spiro atoms. The van der Waals surface area contributed by atoms with Gasteiger partial charge in [-0.3, -0.25) is 14.2 Å². The van der Waals surface area contributed by atoms with E-state index in [1.165, 1.54) is 11.7 Å². The Hall–Kier alpha value is -5.35. The number of aromatic nitrogens is 2. The Bertz CT molecular complexity index is 2050. The molecule has 0 amide bonds. The number of carboxylic acid groups (broad SMARTS) is 1. The molecule has 3 aromatic rings. The Balaban J connectivity index is 1.44. The molecule has 0 saturated carbocycles. The first kappa shape index (κ1) is 42.3. The van der Waals surface area contributed by atoms with Crippen molar-refractivity contribution >= 4 is 23.6 Å². The van der Waals surface area contributed by atoms with Gasteiger partial charge in [0.05, 0.1) is 52.6 Å². The fourth-order valence-electron chi connectivity index (χ4n) is 7.57. The Morgan fingerprint density at radius 2 is 1.71 bits per heavy atom. The summed E-state index contributed by atoms with van der Waals surface area (Å²) >= 11 is 0. The van der Waals surface area contributed by atoms with Gasteiger partial charge in [-0.25, -0.2) is 9.79 Å². The zero-order valence-corrected chi connectivity index (χ0v) is 33.6. The molecule has 310 valence electrons. The van der Waals surface area contributed by atoms with Crippen molar-refractivity contribution in [2.24, 2.45) is 4.99 Å². The van der Waals surface area contributed by atoms with Gasteiger partial charge in [0.2, 0.25) is 0 Å². The summed E-state index contributed by atoms with van der Waals surface area (Å²) in [5, 5.41) is 9.35. The molecule has 1 aliphatic carbocycles. The topological polar surface area (TPSA) is 169 Å². The Morgan fingerprint density at radius 3 is 2.34 bits per heavy atom. The van der Waals surface area contributed by atoms with Crippen molar-refractivity contribution in [2.45, 2.75) is 75.6 Å². The third kappa shape index (κ3) is 9.50. The van der Waals surface area contributed by atoms with E-state index in [0.29, 0.717) is 30.0 Å². The number of benzene rings is 2. The average Bonchev–Trinajstić information content (AvgIpc) is 3.80. The quantitative estimate of drug-likeness (QED) is 0.131. The van der Waals surface area contributed by atoms with Crippen LogP contribution in [0.15, 0.2) is 94.1 Å². The summed E-state index contributed by atoms with van der Waals surface area (Å²) in [6, 6.07) is 17.4. The van der Waals surface area contributed by atoms with E-state index >= 15 is 0 Å². The molecule has 2 fully saturated rings. The zero-order chi connectivity index (χ0) is 41.2. The van der Waals surface area contributed by atoms with Crippen LogP contribution in [0.5, 0.6) is 5.75 Å². The van der Waals surface area contributed by atoms with Crippen LogP contribution in [0.3, 0.4) is 0 Å². The standard InChI is InChI=1S/C43H52N4O11/c1-28-26-47(42(51)45-40(28)44-35-12-9-23-46(35)2)41-39(55-25-24-52-3)38(58-37(50)22-21-36(48)49)34(57-41)27-56-43(29-10-7-6-8-11-29,30-13-17-32(53-4)18-14-30)31-15-19-33(54-5)20-16-31/h6-8,10-11,13-15,17-19,26,34,38-39,41H,9,12,16,20-25,27H2,1-5H3,(H,48,49)/t34-,38-,39-,41-,43?/m1/s1. The van der Waals surface area contributed by atoms with Crippen molar-refractivity contribution in [1.82, 2.24) is 14.5 Å². The van der Waals surface area contributed by atoms with Crippen LogP contribution in [0.1, 0.15) is 61.4 Å². The number of carbonyl (C=O) groups excluding carboxylic acids is 1. The molecule has 0 bridgehead atoms. The van der Waals surface area contributed by atoms with Gasteiger partial charge in [-0.15, -0.1) is 0 Å². The number of aliphatic carboxylic acids is 1. The summed E-state index contributed by atoms with van der Waals surface area (Å²) in [6.45, 7) is 2.78. The summed E-state index contributed by atoms with van der Waals surface area (Å²) in [7, 11) is 6.73. The van der Waals surface area contributed by atoms with Crippen LogP contribution in [-0.2, 0) is 43.6 Å². The number of nitrogens with zero attached hydrogens (tertiary/aromatic N) is 4. The van der Waals surface area contributed by atoms with E-state index in [0.717, 1.165) is 47.7 Å². The number of amidine groups is 1. The monoisotopic (exact) mass is 800 g/mol. The highest BCUT2D eigenvalue weighted by atomic mass is 16.6. The number of likely N-dealkylation sites (tertiary alicyclic amines) is 1. The van der Waals surface area contributed by atoms with Crippen LogP contribution in [0, 0.1) is 6.92 Å². The Labute approximate surface area is 337 Å². The summed E-state index contributed by atoms with van der Waals surface area (Å²) in [5.41, 5.74) is 1.37.